The summed E-state index contributed by atoms with van der Waals surface area (Å²) in [7, 11) is 0. The summed E-state index contributed by atoms with van der Waals surface area (Å²) < 4.78 is 0. The van der Waals surface area contributed by atoms with Crippen LogP contribution in [0.2, 0.25) is 0 Å². The van der Waals surface area contributed by atoms with Gasteiger partial charge in [-0.3, -0.25) is 19.6 Å². The van der Waals surface area contributed by atoms with Crippen LogP contribution in [-0.2, 0) is 22.4 Å². The van der Waals surface area contributed by atoms with Gasteiger partial charge in [-0.15, -0.1) is 0 Å². The number of benzene rings is 1. The number of rotatable bonds is 7. The zero-order chi connectivity index (χ0) is 18.2. The van der Waals surface area contributed by atoms with Gasteiger partial charge in [-0.2, -0.15) is 0 Å². The third kappa shape index (κ3) is 5.12. The summed E-state index contributed by atoms with van der Waals surface area (Å²) in [6.07, 6.45) is 7.52. The fraction of sp³-hybridized carbons (Fsp3) is 0.400. The predicted molar refractivity (Wildman–Crippen MR) is 98.2 cm³/mol. The number of hydrogen-bond acceptors (Lipinski definition) is 4. The van der Waals surface area contributed by atoms with E-state index in [1.54, 1.807) is 18.6 Å². The zero-order valence-electron chi connectivity index (χ0n) is 14.8. The number of carbonyl (C=O) groups excluding carboxylic acids is 2. The van der Waals surface area contributed by atoms with Gasteiger partial charge in [0.15, 0.2) is 0 Å². The quantitative estimate of drug-likeness (QED) is 0.822. The smallest absolute Gasteiger partial charge is 0.224 e. The second-order valence-electron chi connectivity index (χ2n) is 6.55. The standard InChI is InChI=1S/C20H24N4O2/c25-19-7-6-17(15-24(19)13-9-16-4-2-1-3-5-16)20(26)23-10-8-18-14-21-11-12-22-18/h1-5,11-12,14,17H,6-10,13,15H2,(H,23,26)/t17-/m0/s1. The highest BCUT2D eigenvalue weighted by molar-refractivity contribution is 5.83. The van der Waals surface area contributed by atoms with Crippen molar-refractivity contribution < 1.29 is 9.59 Å². The second kappa shape index (κ2) is 9.08. The fourth-order valence-electron chi connectivity index (χ4n) is 3.17. The molecule has 6 heteroatoms. The Morgan fingerprint density at radius 1 is 1.19 bits per heavy atom. The molecule has 6 nitrogen and oxygen atoms in total. The van der Waals surface area contributed by atoms with Crippen LogP contribution in [0.25, 0.3) is 0 Å². The highest BCUT2D eigenvalue weighted by Gasteiger charge is 2.29. The number of nitrogens with one attached hydrogen (secondary N) is 1. The number of piperidine rings is 1. The van der Waals surface area contributed by atoms with E-state index in [4.69, 9.17) is 0 Å². The Hall–Kier alpha value is -2.76. The van der Waals surface area contributed by atoms with Crippen LogP contribution in [-0.4, -0.2) is 46.3 Å². The van der Waals surface area contributed by atoms with E-state index in [0.29, 0.717) is 38.9 Å². The topological polar surface area (TPSA) is 75.2 Å². The van der Waals surface area contributed by atoms with E-state index < -0.39 is 0 Å². The molecule has 0 bridgehead atoms. The molecule has 1 aliphatic rings. The van der Waals surface area contributed by atoms with Crippen LogP contribution < -0.4 is 5.32 Å². The van der Waals surface area contributed by atoms with Crippen LogP contribution in [0.1, 0.15) is 24.1 Å². The minimum absolute atomic E-state index is 0.0195. The number of likely N-dealkylation sites (tertiary alicyclic amines) is 1. The molecule has 1 aromatic heterocycles. The van der Waals surface area contributed by atoms with E-state index in [1.807, 2.05) is 23.1 Å². The Morgan fingerprint density at radius 2 is 2.04 bits per heavy atom. The van der Waals surface area contributed by atoms with Crippen molar-refractivity contribution >= 4 is 11.8 Å². The van der Waals surface area contributed by atoms with E-state index in [1.165, 1.54) is 5.56 Å². The van der Waals surface area contributed by atoms with Crippen LogP contribution in [0.3, 0.4) is 0 Å². The molecule has 0 aliphatic carbocycles. The first kappa shape index (κ1) is 18.0. The Labute approximate surface area is 153 Å². The van der Waals surface area contributed by atoms with Crippen LogP contribution >= 0.6 is 0 Å². The molecule has 1 saturated heterocycles. The van der Waals surface area contributed by atoms with Gasteiger partial charge in [0, 0.05) is 51.1 Å². The Kier molecular flexibility index (Phi) is 6.30. The van der Waals surface area contributed by atoms with Crippen molar-refractivity contribution in [2.45, 2.75) is 25.7 Å². The molecule has 1 fully saturated rings. The van der Waals surface area contributed by atoms with E-state index in [0.717, 1.165) is 12.1 Å². The summed E-state index contributed by atoms with van der Waals surface area (Å²) in [5.74, 6) is 0.0287. The number of amides is 2. The summed E-state index contributed by atoms with van der Waals surface area (Å²) in [6, 6.07) is 10.1. The van der Waals surface area contributed by atoms with Crippen LogP contribution in [0, 0.1) is 5.92 Å². The van der Waals surface area contributed by atoms with Gasteiger partial charge in [-0.1, -0.05) is 30.3 Å². The molecule has 2 heterocycles. The minimum atomic E-state index is -0.134. The van der Waals surface area contributed by atoms with E-state index in [9.17, 15) is 9.59 Å². The summed E-state index contributed by atoms with van der Waals surface area (Å²) in [4.78, 5) is 34.6. The summed E-state index contributed by atoms with van der Waals surface area (Å²) >= 11 is 0. The maximum absolute atomic E-state index is 12.4. The van der Waals surface area contributed by atoms with E-state index in [-0.39, 0.29) is 17.7 Å². The Balaban J connectivity index is 1.45. The van der Waals surface area contributed by atoms with Gasteiger partial charge in [0.1, 0.15) is 0 Å². The van der Waals surface area contributed by atoms with Gasteiger partial charge in [0.05, 0.1) is 11.6 Å². The third-order valence-corrected chi connectivity index (χ3v) is 4.68. The van der Waals surface area contributed by atoms with Crippen molar-refractivity contribution in [3.8, 4) is 0 Å². The van der Waals surface area contributed by atoms with Crippen LogP contribution in [0.4, 0.5) is 0 Å². The lowest BCUT2D eigenvalue weighted by molar-refractivity contribution is -0.138. The number of aromatic nitrogens is 2. The highest BCUT2D eigenvalue weighted by Crippen LogP contribution is 2.18. The summed E-state index contributed by atoms with van der Waals surface area (Å²) in [5.41, 5.74) is 2.06. The Bertz CT molecular complexity index is 721. The largest absolute Gasteiger partial charge is 0.355 e. The Morgan fingerprint density at radius 3 is 2.81 bits per heavy atom. The van der Waals surface area contributed by atoms with Crippen molar-refractivity contribution in [1.82, 2.24) is 20.2 Å². The molecule has 26 heavy (non-hydrogen) atoms. The third-order valence-electron chi connectivity index (χ3n) is 4.68. The van der Waals surface area contributed by atoms with Gasteiger partial charge >= 0.3 is 0 Å². The average molecular weight is 352 g/mol. The average Bonchev–Trinajstić information content (AvgIpc) is 2.69. The molecule has 1 atom stereocenters. The van der Waals surface area contributed by atoms with Gasteiger partial charge in [0.2, 0.25) is 11.8 Å². The van der Waals surface area contributed by atoms with Gasteiger partial charge in [0.25, 0.3) is 0 Å². The lowest BCUT2D eigenvalue weighted by Crippen LogP contribution is -2.46. The molecule has 0 unspecified atom stereocenters. The lowest BCUT2D eigenvalue weighted by atomic mass is 9.96. The van der Waals surface area contributed by atoms with Crippen LogP contribution in [0.15, 0.2) is 48.9 Å². The molecule has 1 aliphatic heterocycles. The maximum atomic E-state index is 12.4. The maximum Gasteiger partial charge on any atom is 0.224 e. The molecule has 3 rings (SSSR count). The molecular formula is C20H24N4O2. The number of nitrogens with zero attached hydrogens (tertiary/aromatic N) is 3. The van der Waals surface area contributed by atoms with Crippen molar-refractivity contribution in [3.05, 3.63) is 60.2 Å². The predicted octanol–water partition coefficient (Wildman–Crippen LogP) is 1.62. The summed E-state index contributed by atoms with van der Waals surface area (Å²) in [6.45, 7) is 1.70. The van der Waals surface area contributed by atoms with E-state index >= 15 is 0 Å². The molecule has 0 spiro atoms. The molecule has 0 saturated carbocycles. The molecular weight excluding hydrogens is 328 g/mol. The molecule has 136 valence electrons. The van der Waals surface area contributed by atoms with Crippen molar-refractivity contribution in [2.24, 2.45) is 5.92 Å². The van der Waals surface area contributed by atoms with Crippen molar-refractivity contribution in [3.63, 3.8) is 0 Å². The van der Waals surface area contributed by atoms with Gasteiger partial charge in [-0.25, -0.2) is 0 Å². The van der Waals surface area contributed by atoms with Crippen LogP contribution in [0.5, 0.6) is 0 Å². The first-order valence-corrected chi connectivity index (χ1v) is 9.06. The minimum Gasteiger partial charge on any atom is -0.355 e. The monoisotopic (exact) mass is 352 g/mol. The first-order chi connectivity index (χ1) is 12.7. The molecule has 0 radical (unpaired) electrons. The molecule has 2 aromatic rings. The molecule has 1 N–H and O–H groups in total. The number of hydrogen-bond donors (Lipinski definition) is 1. The number of carbonyl (C=O) groups is 2. The van der Waals surface area contributed by atoms with Crippen molar-refractivity contribution in [1.29, 1.82) is 0 Å². The van der Waals surface area contributed by atoms with Gasteiger partial charge < -0.3 is 10.2 Å². The fourth-order valence-corrected chi connectivity index (χ4v) is 3.17. The molecule has 2 amide bonds. The first-order valence-electron chi connectivity index (χ1n) is 9.06. The second-order valence-corrected chi connectivity index (χ2v) is 6.55. The highest BCUT2D eigenvalue weighted by atomic mass is 16.2. The molecule has 1 aromatic carbocycles. The van der Waals surface area contributed by atoms with E-state index in [2.05, 4.69) is 27.4 Å². The van der Waals surface area contributed by atoms with Crippen molar-refractivity contribution in [2.75, 3.05) is 19.6 Å². The summed E-state index contributed by atoms with van der Waals surface area (Å²) in [5, 5.41) is 2.97. The normalized spacial score (nSPS) is 17.2. The SMILES string of the molecule is O=C(NCCc1cnccn1)[C@H]1CCC(=O)N(CCc2ccccc2)C1. The van der Waals surface area contributed by atoms with Gasteiger partial charge in [-0.05, 0) is 18.4 Å². The zero-order valence-corrected chi connectivity index (χ0v) is 14.8. The lowest BCUT2D eigenvalue weighted by Gasteiger charge is -2.32.